The molecule has 1 saturated heterocycles. The highest BCUT2D eigenvalue weighted by Gasteiger charge is 2.17. The maximum Gasteiger partial charge on any atom is 0.159 e. The zero-order valence-corrected chi connectivity index (χ0v) is 13.9. The van der Waals surface area contributed by atoms with Crippen LogP contribution in [0.4, 0.5) is 0 Å². The molecule has 1 heterocycles. The Labute approximate surface area is 138 Å². The van der Waals surface area contributed by atoms with E-state index < -0.39 is 0 Å². The van der Waals surface area contributed by atoms with E-state index in [2.05, 4.69) is 54.4 Å². The van der Waals surface area contributed by atoms with Crippen LogP contribution < -0.4 is 0 Å². The van der Waals surface area contributed by atoms with E-state index in [9.17, 15) is 4.79 Å². The number of nitrogens with zero attached hydrogens (tertiary/aromatic N) is 1. The van der Waals surface area contributed by atoms with Crippen molar-refractivity contribution in [1.29, 1.82) is 0 Å². The number of benzene rings is 2. The van der Waals surface area contributed by atoms with Gasteiger partial charge in [-0.15, -0.1) is 0 Å². The summed E-state index contributed by atoms with van der Waals surface area (Å²) in [6.45, 7) is 3.83. The number of ketones is 1. The summed E-state index contributed by atoms with van der Waals surface area (Å²) in [4.78, 5) is 13.9. The van der Waals surface area contributed by atoms with Gasteiger partial charge in [0.15, 0.2) is 5.78 Å². The van der Waals surface area contributed by atoms with Gasteiger partial charge in [0.2, 0.25) is 0 Å². The highest BCUT2D eigenvalue weighted by atomic mass is 16.1. The van der Waals surface area contributed by atoms with Crippen molar-refractivity contribution < 1.29 is 4.79 Å². The molecular weight excluding hydrogens is 282 g/mol. The first-order chi connectivity index (χ1) is 11.1. The molecule has 0 aromatic heterocycles. The number of hydrogen-bond donors (Lipinski definition) is 0. The fraction of sp³-hybridized carbons (Fsp3) is 0.286. The van der Waals surface area contributed by atoms with Gasteiger partial charge in [-0.1, -0.05) is 60.2 Å². The number of Topliss-reactive ketones (excluding diaryl/α,β-unsaturated/α-hetero) is 1. The van der Waals surface area contributed by atoms with Crippen LogP contribution in [0.3, 0.4) is 0 Å². The van der Waals surface area contributed by atoms with Gasteiger partial charge in [0.25, 0.3) is 0 Å². The summed E-state index contributed by atoms with van der Waals surface area (Å²) in [5, 5.41) is 0. The van der Waals surface area contributed by atoms with Crippen molar-refractivity contribution in [1.82, 2.24) is 4.90 Å². The molecule has 0 amide bonds. The molecule has 23 heavy (non-hydrogen) atoms. The Morgan fingerprint density at radius 2 is 1.35 bits per heavy atom. The second-order valence-corrected chi connectivity index (χ2v) is 6.28. The second kappa shape index (κ2) is 6.93. The molecule has 2 aromatic rings. The largest absolute Gasteiger partial charge is 0.306 e. The Morgan fingerprint density at radius 1 is 0.826 bits per heavy atom. The van der Waals surface area contributed by atoms with Gasteiger partial charge >= 0.3 is 0 Å². The van der Waals surface area contributed by atoms with Gasteiger partial charge in [-0.2, -0.15) is 0 Å². The molecule has 2 nitrogen and oxygen atoms in total. The lowest BCUT2D eigenvalue weighted by Gasteiger charge is -2.27. The molecule has 0 aliphatic carbocycles. The lowest BCUT2D eigenvalue weighted by molar-refractivity contribution is 0.101. The topological polar surface area (TPSA) is 20.3 Å². The van der Waals surface area contributed by atoms with E-state index in [1.165, 1.54) is 22.3 Å². The van der Waals surface area contributed by atoms with Crippen LogP contribution in [0.1, 0.15) is 41.3 Å². The van der Waals surface area contributed by atoms with Crippen molar-refractivity contribution in [3.8, 4) is 0 Å². The fourth-order valence-corrected chi connectivity index (χ4v) is 3.19. The molecule has 0 unspecified atom stereocenters. The third kappa shape index (κ3) is 3.59. The number of carbonyl (C=O) groups is 1. The zero-order chi connectivity index (χ0) is 16.2. The predicted molar refractivity (Wildman–Crippen MR) is 95.6 cm³/mol. The summed E-state index contributed by atoms with van der Waals surface area (Å²) in [7, 11) is 2.18. The average Bonchev–Trinajstić information content (AvgIpc) is 2.58. The molecule has 0 radical (unpaired) electrons. The van der Waals surface area contributed by atoms with E-state index in [-0.39, 0.29) is 5.78 Å². The maximum absolute atomic E-state index is 11.5. The average molecular weight is 305 g/mol. The number of piperidine rings is 1. The van der Waals surface area contributed by atoms with Crippen molar-refractivity contribution in [2.75, 3.05) is 20.1 Å². The molecule has 0 N–H and O–H groups in total. The van der Waals surface area contributed by atoms with Gasteiger partial charge in [0.1, 0.15) is 0 Å². The van der Waals surface area contributed by atoms with Gasteiger partial charge in [0.05, 0.1) is 0 Å². The number of likely N-dealkylation sites (tertiary alicyclic amines) is 1. The lowest BCUT2D eigenvalue weighted by atomic mass is 9.88. The fourth-order valence-electron chi connectivity index (χ4n) is 3.19. The van der Waals surface area contributed by atoms with Gasteiger partial charge < -0.3 is 4.90 Å². The van der Waals surface area contributed by atoms with E-state index in [1.54, 1.807) is 6.92 Å². The van der Waals surface area contributed by atoms with E-state index >= 15 is 0 Å². The summed E-state index contributed by atoms with van der Waals surface area (Å²) in [6.07, 6.45) is 2.21. The van der Waals surface area contributed by atoms with Gasteiger partial charge in [-0.3, -0.25) is 4.79 Å². The minimum atomic E-state index is 0.116. The van der Waals surface area contributed by atoms with Crippen molar-refractivity contribution in [3.63, 3.8) is 0 Å². The van der Waals surface area contributed by atoms with Crippen molar-refractivity contribution in [2.45, 2.75) is 19.8 Å². The molecule has 1 aliphatic rings. The quantitative estimate of drug-likeness (QED) is 0.783. The van der Waals surface area contributed by atoms with Crippen LogP contribution in [0.2, 0.25) is 0 Å². The van der Waals surface area contributed by atoms with Crippen molar-refractivity contribution >= 4 is 11.4 Å². The molecule has 0 atom stereocenters. The number of carbonyl (C=O) groups excluding carboxylic acids is 1. The van der Waals surface area contributed by atoms with Crippen molar-refractivity contribution in [2.24, 2.45) is 0 Å². The standard InChI is InChI=1S/C21H23NO/c1-16(23)17-8-10-19(11-9-17)21(18-6-4-3-5-7-18)20-12-14-22(2)15-13-20/h3-11H,12-15H2,1-2H3. The zero-order valence-electron chi connectivity index (χ0n) is 13.9. The number of rotatable bonds is 3. The number of hydrogen-bond acceptors (Lipinski definition) is 2. The summed E-state index contributed by atoms with van der Waals surface area (Å²) in [5.41, 5.74) is 6.11. The molecule has 0 spiro atoms. The predicted octanol–water partition coefficient (Wildman–Crippen LogP) is 4.42. The van der Waals surface area contributed by atoms with Crippen LogP contribution in [0.5, 0.6) is 0 Å². The summed E-state index contributed by atoms with van der Waals surface area (Å²) in [5.74, 6) is 0.116. The Bertz CT molecular complexity index is 703. The monoisotopic (exact) mass is 305 g/mol. The Kier molecular flexibility index (Phi) is 4.73. The molecule has 1 aliphatic heterocycles. The summed E-state index contributed by atoms with van der Waals surface area (Å²) < 4.78 is 0. The minimum absolute atomic E-state index is 0.116. The highest BCUT2D eigenvalue weighted by Crippen LogP contribution is 2.32. The van der Waals surface area contributed by atoms with E-state index in [1.807, 2.05) is 12.1 Å². The highest BCUT2D eigenvalue weighted by molar-refractivity contribution is 5.94. The maximum atomic E-state index is 11.5. The summed E-state index contributed by atoms with van der Waals surface area (Å²) in [6, 6.07) is 18.7. The first-order valence-electron chi connectivity index (χ1n) is 8.22. The SMILES string of the molecule is CC(=O)c1ccc(C(=C2CCN(C)CC2)c2ccccc2)cc1. The van der Waals surface area contributed by atoms with Crippen molar-refractivity contribution in [3.05, 3.63) is 76.9 Å². The Hall–Kier alpha value is -2.19. The van der Waals surface area contributed by atoms with Crippen LogP contribution in [-0.2, 0) is 0 Å². The summed E-state index contributed by atoms with van der Waals surface area (Å²) >= 11 is 0. The molecule has 1 fully saturated rings. The van der Waals surface area contributed by atoms with Crippen LogP contribution in [0.15, 0.2) is 60.2 Å². The van der Waals surface area contributed by atoms with Gasteiger partial charge in [0, 0.05) is 18.7 Å². The van der Waals surface area contributed by atoms with Crippen LogP contribution in [0.25, 0.3) is 5.57 Å². The first kappa shape index (κ1) is 15.7. The Balaban J connectivity index is 2.05. The first-order valence-corrected chi connectivity index (χ1v) is 8.22. The van der Waals surface area contributed by atoms with Crippen LogP contribution >= 0.6 is 0 Å². The molecular formula is C21H23NO. The van der Waals surface area contributed by atoms with Gasteiger partial charge in [-0.05, 0) is 43.5 Å². The van der Waals surface area contributed by atoms with Crippen LogP contribution in [0, 0.1) is 0 Å². The normalized spacial score (nSPS) is 15.5. The molecule has 2 aromatic carbocycles. The molecule has 0 saturated carbocycles. The molecule has 0 bridgehead atoms. The van der Waals surface area contributed by atoms with E-state index in [0.717, 1.165) is 31.5 Å². The Morgan fingerprint density at radius 3 is 1.91 bits per heavy atom. The van der Waals surface area contributed by atoms with Gasteiger partial charge in [-0.25, -0.2) is 0 Å². The molecule has 2 heteroatoms. The lowest BCUT2D eigenvalue weighted by Crippen LogP contribution is -2.26. The smallest absolute Gasteiger partial charge is 0.159 e. The second-order valence-electron chi connectivity index (χ2n) is 6.28. The minimum Gasteiger partial charge on any atom is -0.306 e. The molecule has 118 valence electrons. The third-order valence-corrected chi connectivity index (χ3v) is 4.59. The van der Waals surface area contributed by atoms with E-state index in [0.29, 0.717) is 0 Å². The molecule has 3 rings (SSSR count). The van der Waals surface area contributed by atoms with Crippen LogP contribution in [-0.4, -0.2) is 30.8 Å². The van der Waals surface area contributed by atoms with E-state index in [4.69, 9.17) is 0 Å². The third-order valence-electron chi connectivity index (χ3n) is 4.59.